The second-order valence-electron chi connectivity index (χ2n) is 9.90. The van der Waals surface area contributed by atoms with Crippen molar-refractivity contribution in [3.05, 3.63) is 29.7 Å². The van der Waals surface area contributed by atoms with Crippen molar-refractivity contribution >= 4 is 23.8 Å². The Bertz CT molecular complexity index is 1120. The van der Waals surface area contributed by atoms with Crippen molar-refractivity contribution in [2.45, 2.75) is 72.2 Å². The van der Waals surface area contributed by atoms with Gasteiger partial charge in [-0.05, 0) is 46.8 Å². The van der Waals surface area contributed by atoms with Crippen LogP contribution >= 0.6 is 0 Å². The van der Waals surface area contributed by atoms with Crippen molar-refractivity contribution in [3.8, 4) is 11.4 Å². The van der Waals surface area contributed by atoms with E-state index in [1.807, 2.05) is 26.1 Å². The number of hydrogen-bond donors (Lipinski definition) is 2. The molecule has 3 atom stereocenters. The van der Waals surface area contributed by atoms with E-state index < -0.39 is 23.8 Å². The van der Waals surface area contributed by atoms with Crippen LogP contribution in [0.25, 0.3) is 11.4 Å². The van der Waals surface area contributed by atoms with Crippen LogP contribution in [-0.2, 0) is 16.1 Å². The largest absolute Gasteiger partial charge is 0.465 e. The van der Waals surface area contributed by atoms with E-state index >= 15 is 0 Å². The minimum atomic E-state index is -1.02. The van der Waals surface area contributed by atoms with Gasteiger partial charge in [0.1, 0.15) is 17.8 Å². The summed E-state index contributed by atoms with van der Waals surface area (Å²) in [7, 11) is 1.85. The number of alkyl carbamates (subject to hydrolysis) is 1. The predicted molar refractivity (Wildman–Crippen MR) is 128 cm³/mol. The lowest BCUT2D eigenvalue weighted by molar-refractivity contribution is -0.129. The first kappa shape index (κ1) is 26.1. The van der Waals surface area contributed by atoms with Crippen LogP contribution in [0.15, 0.2) is 22.7 Å². The third-order valence-corrected chi connectivity index (χ3v) is 6.46. The fraction of sp³-hybridized carbons (Fsp3) is 0.542. The zero-order chi connectivity index (χ0) is 26.1. The smallest absolute Gasteiger partial charge is 0.408 e. The van der Waals surface area contributed by atoms with Crippen LogP contribution in [-0.4, -0.2) is 63.5 Å². The van der Waals surface area contributed by atoms with E-state index in [4.69, 9.17) is 9.26 Å². The Balaban J connectivity index is 1.95. The molecule has 2 heterocycles. The van der Waals surface area contributed by atoms with Gasteiger partial charge in [0.25, 0.3) is 0 Å². The van der Waals surface area contributed by atoms with Crippen molar-refractivity contribution < 1.29 is 28.8 Å². The van der Waals surface area contributed by atoms with Gasteiger partial charge in [0.05, 0.1) is 26.1 Å². The average Bonchev–Trinajstić information content (AvgIpc) is 3.23. The van der Waals surface area contributed by atoms with Gasteiger partial charge in [-0.1, -0.05) is 5.16 Å². The van der Waals surface area contributed by atoms with E-state index in [9.17, 15) is 19.5 Å². The van der Waals surface area contributed by atoms with Gasteiger partial charge >= 0.3 is 18.1 Å². The quantitative estimate of drug-likeness (QED) is 0.601. The van der Waals surface area contributed by atoms with Crippen LogP contribution in [0, 0.1) is 0 Å². The number of rotatable bonds is 5. The number of hydrogen-bond acceptors (Lipinski definition) is 7. The van der Waals surface area contributed by atoms with Crippen LogP contribution in [0.4, 0.5) is 15.3 Å². The predicted octanol–water partition coefficient (Wildman–Crippen LogP) is 4.08. The molecule has 11 nitrogen and oxygen atoms in total. The number of aromatic nitrogens is 2. The third kappa shape index (κ3) is 5.29. The van der Waals surface area contributed by atoms with Crippen molar-refractivity contribution in [1.29, 1.82) is 0 Å². The molecule has 1 unspecified atom stereocenters. The number of nitrogens with zero attached hydrogens (tertiary/aromatic N) is 4. The molecule has 1 aliphatic heterocycles. The van der Waals surface area contributed by atoms with E-state index in [1.54, 1.807) is 40.7 Å². The number of quaternary nitrogens is 1. The summed E-state index contributed by atoms with van der Waals surface area (Å²) in [6, 6.07) is 4.92. The third-order valence-electron chi connectivity index (χ3n) is 6.46. The molecule has 3 rings (SSSR count). The molecule has 1 aromatic heterocycles. The molecule has 0 fully saturated rings. The minimum absolute atomic E-state index is 0.00504. The highest BCUT2D eigenvalue weighted by Gasteiger charge is 2.47. The molecule has 0 bridgehead atoms. The van der Waals surface area contributed by atoms with E-state index in [1.165, 1.54) is 4.90 Å². The summed E-state index contributed by atoms with van der Waals surface area (Å²) in [5.74, 6) is 0.457. The van der Waals surface area contributed by atoms with Crippen LogP contribution in [0.5, 0.6) is 0 Å². The molecule has 0 spiro atoms. The molecule has 3 amide bonds. The molecule has 0 radical (unpaired) electrons. The van der Waals surface area contributed by atoms with Crippen molar-refractivity contribution in [2.75, 3.05) is 13.6 Å². The first-order valence-electron chi connectivity index (χ1n) is 11.6. The van der Waals surface area contributed by atoms with Crippen LogP contribution in [0.1, 0.15) is 65.5 Å². The zero-order valence-electron chi connectivity index (χ0n) is 21.3. The summed E-state index contributed by atoms with van der Waals surface area (Å²) in [5, 5.41) is 16.4. The number of carbonyl (C=O) groups is 3. The molecule has 35 heavy (non-hydrogen) atoms. The Morgan fingerprint density at radius 1 is 1.31 bits per heavy atom. The first-order valence-corrected chi connectivity index (χ1v) is 11.6. The standard InChI is InChI=1S/C24H33N5O6/c1-8-28(23(32)33)18-11-14(2)29(7,15(3)30)19-10-9-16(12-17(18)19)21-26-20(35-27-21)13-25-22(31)34-24(4,5)6/h9-10,12,14,18H,8,11,13H2,1-7H3,(H-,25,31,32,33)/p+1/t14-,18+,29?/m0/s1. The zero-order valence-corrected chi connectivity index (χ0v) is 21.3. The number of nitrogens with one attached hydrogen (secondary N) is 1. The second-order valence-corrected chi connectivity index (χ2v) is 9.90. The Morgan fingerprint density at radius 2 is 2.00 bits per heavy atom. The van der Waals surface area contributed by atoms with Gasteiger partial charge in [-0.15, -0.1) is 0 Å². The number of benzene rings is 1. The fourth-order valence-electron chi connectivity index (χ4n) is 4.45. The SMILES string of the molecule is CCN(C(=O)O)[C@@H]1C[C@H](C)[N+](C)(C(C)=O)c2ccc(-c3noc(CNC(=O)OC(C)(C)C)n3)cc21. The molecule has 0 saturated heterocycles. The van der Waals surface area contributed by atoms with Crippen LogP contribution < -0.4 is 9.80 Å². The molecule has 1 aliphatic rings. The lowest BCUT2D eigenvalue weighted by Crippen LogP contribution is -2.60. The summed E-state index contributed by atoms with van der Waals surface area (Å²) in [6.45, 7) is 10.9. The molecule has 0 saturated carbocycles. The Kier molecular flexibility index (Phi) is 7.21. The summed E-state index contributed by atoms with van der Waals surface area (Å²) >= 11 is 0. The summed E-state index contributed by atoms with van der Waals surface area (Å²) < 4.78 is 10.6. The molecular weight excluding hydrogens is 454 g/mol. The van der Waals surface area contributed by atoms with Gasteiger partial charge in [-0.2, -0.15) is 4.98 Å². The van der Waals surface area contributed by atoms with Gasteiger partial charge in [0.15, 0.2) is 0 Å². The number of amides is 3. The highest BCUT2D eigenvalue weighted by molar-refractivity contribution is 5.89. The molecular formula is C24H34N5O6+. The number of fused-ring (bicyclic) bond motifs is 1. The summed E-state index contributed by atoms with van der Waals surface area (Å²) in [5.41, 5.74) is 1.48. The van der Waals surface area contributed by atoms with Gasteiger partial charge in [-0.3, -0.25) is 0 Å². The maximum atomic E-state index is 12.7. The van der Waals surface area contributed by atoms with Gasteiger partial charge in [0.2, 0.25) is 11.7 Å². The summed E-state index contributed by atoms with van der Waals surface area (Å²) in [4.78, 5) is 42.3. The van der Waals surface area contributed by atoms with E-state index in [0.29, 0.717) is 24.4 Å². The molecule has 11 heteroatoms. The van der Waals surface area contributed by atoms with E-state index in [0.717, 1.165) is 11.3 Å². The van der Waals surface area contributed by atoms with E-state index in [2.05, 4.69) is 15.5 Å². The maximum absolute atomic E-state index is 12.7. The maximum Gasteiger partial charge on any atom is 0.408 e. The van der Waals surface area contributed by atoms with E-state index in [-0.39, 0.29) is 28.9 Å². The Labute approximate surface area is 204 Å². The lowest BCUT2D eigenvalue weighted by Gasteiger charge is -2.45. The Hall–Kier alpha value is -3.47. The first-order chi connectivity index (χ1) is 16.3. The second kappa shape index (κ2) is 9.65. The summed E-state index contributed by atoms with van der Waals surface area (Å²) in [6.07, 6.45) is -1.13. The highest BCUT2D eigenvalue weighted by atomic mass is 16.6. The topological polar surface area (TPSA) is 135 Å². The average molecular weight is 489 g/mol. The monoisotopic (exact) mass is 488 g/mol. The molecule has 1 aromatic carbocycles. The number of ether oxygens (including phenoxy) is 1. The molecule has 0 aliphatic carbocycles. The fourth-order valence-corrected chi connectivity index (χ4v) is 4.45. The highest BCUT2D eigenvalue weighted by Crippen LogP contribution is 2.45. The molecule has 2 N–H and O–H groups in total. The number of carbonyl (C=O) groups excluding carboxylic acids is 2. The van der Waals surface area contributed by atoms with Crippen molar-refractivity contribution in [3.63, 3.8) is 0 Å². The van der Waals surface area contributed by atoms with Crippen LogP contribution in [0.2, 0.25) is 0 Å². The molecule has 190 valence electrons. The molecule has 2 aromatic rings. The van der Waals surface area contributed by atoms with Gasteiger partial charge in [0, 0.05) is 30.2 Å². The minimum Gasteiger partial charge on any atom is -0.465 e. The lowest BCUT2D eigenvalue weighted by atomic mass is 9.87. The van der Waals surface area contributed by atoms with Gasteiger partial charge in [-0.25, -0.2) is 18.9 Å². The van der Waals surface area contributed by atoms with Gasteiger partial charge < -0.3 is 24.6 Å². The number of carboxylic acid groups (broad SMARTS) is 1. The van der Waals surface area contributed by atoms with Crippen molar-refractivity contribution in [1.82, 2.24) is 24.8 Å². The van der Waals surface area contributed by atoms with Crippen LogP contribution in [0.3, 0.4) is 0 Å². The van der Waals surface area contributed by atoms with Crippen molar-refractivity contribution in [2.24, 2.45) is 0 Å². The Morgan fingerprint density at radius 3 is 2.57 bits per heavy atom. The normalized spacial score (nSPS) is 21.7.